The Morgan fingerprint density at radius 2 is 1.82 bits per heavy atom. The number of hydrogen-bond acceptors (Lipinski definition) is 2. The fourth-order valence-electron chi connectivity index (χ4n) is 3.59. The maximum atomic E-state index is 4.34. The lowest BCUT2D eigenvalue weighted by Crippen LogP contribution is -2.43. The summed E-state index contributed by atoms with van der Waals surface area (Å²) in [5.41, 5.74) is 0. The van der Waals surface area contributed by atoms with E-state index >= 15 is 0 Å². The largest absolute Gasteiger partial charge is 0.356 e. The van der Waals surface area contributed by atoms with Crippen molar-refractivity contribution in [3.8, 4) is 0 Å². The van der Waals surface area contributed by atoms with Gasteiger partial charge in [0.2, 0.25) is 0 Å². The molecule has 22 heavy (non-hydrogen) atoms. The molecule has 0 amide bonds. The van der Waals surface area contributed by atoms with Crippen molar-refractivity contribution in [3.63, 3.8) is 0 Å². The predicted molar refractivity (Wildman–Crippen MR) is 106 cm³/mol. The summed E-state index contributed by atoms with van der Waals surface area (Å²) in [6.07, 6.45) is 12.0. The average Bonchev–Trinajstić information content (AvgIpc) is 3.00. The number of aliphatic imine (C=N–C) groups is 1. The van der Waals surface area contributed by atoms with Crippen LogP contribution in [0.4, 0.5) is 0 Å². The minimum Gasteiger partial charge on any atom is -0.356 e. The summed E-state index contributed by atoms with van der Waals surface area (Å²) >= 11 is 0. The molecule has 2 N–H and O–H groups in total. The van der Waals surface area contributed by atoms with Gasteiger partial charge in [-0.2, -0.15) is 0 Å². The van der Waals surface area contributed by atoms with Crippen molar-refractivity contribution in [2.24, 2.45) is 4.99 Å². The van der Waals surface area contributed by atoms with Gasteiger partial charge in [-0.25, -0.2) is 0 Å². The molecule has 1 unspecified atom stereocenters. The van der Waals surface area contributed by atoms with E-state index in [1.807, 2.05) is 7.05 Å². The van der Waals surface area contributed by atoms with Gasteiger partial charge >= 0.3 is 0 Å². The molecule has 2 aliphatic rings. The zero-order chi connectivity index (χ0) is 14.9. The van der Waals surface area contributed by atoms with E-state index in [1.165, 1.54) is 70.9 Å². The SMILES string of the molecule is CN=C(NCCCCN1CCCCC1C)NC1CCCC1.I. The molecule has 2 rings (SSSR count). The second-order valence-corrected chi connectivity index (χ2v) is 6.71. The van der Waals surface area contributed by atoms with Crippen LogP contribution in [0.1, 0.15) is 64.7 Å². The molecule has 1 aliphatic carbocycles. The molecule has 1 saturated carbocycles. The minimum atomic E-state index is 0. The Balaban J connectivity index is 0.00000242. The van der Waals surface area contributed by atoms with Gasteiger partial charge in [0, 0.05) is 25.7 Å². The zero-order valence-corrected chi connectivity index (χ0v) is 16.8. The molecule has 0 spiro atoms. The van der Waals surface area contributed by atoms with Crippen LogP contribution in [0.2, 0.25) is 0 Å². The quantitative estimate of drug-likeness (QED) is 0.299. The Hall–Kier alpha value is -0.0400. The van der Waals surface area contributed by atoms with Crippen LogP contribution in [0.5, 0.6) is 0 Å². The molecule has 1 atom stereocenters. The number of halogens is 1. The highest BCUT2D eigenvalue weighted by molar-refractivity contribution is 14.0. The Morgan fingerprint density at radius 1 is 1.09 bits per heavy atom. The van der Waals surface area contributed by atoms with Crippen molar-refractivity contribution in [2.45, 2.75) is 76.8 Å². The summed E-state index contributed by atoms with van der Waals surface area (Å²) in [4.78, 5) is 7.00. The second-order valence-electron chi connectivity index (χ2n) is 6.71. The van der Waals surface area contributed by atoms with E-state index in [0.29, 0.717) is 6.04 Å². The molecule has 130 valence electrons. The number of hydrogen-bond donors (Lipinski definition) is 2. The Bertz CT molecular complexity index is 316. The lowest BCUT2D eigenvalue weighted by molar-refractivity contribution is 0.158. The first kappa shape index (κ1) is 20.0. The van der Waals surface area contributed by atoms with Crippen molar-refractivity contribution in [1.82, 2.24) is 15.5 Å². The lowest BCUT2D eigenvalue weighted by atomic mass is 10.0. The third-order valence-electron chi connectivity index (χ3n) is 5.02. The maximum absolute atomic E-state index is 4.34. The summed E-state index contributed by atoms with van der Waals surface area (Å²) in [7, 11) is 1.87. The third-order valence-corrected chi connectivity index (χ3v) is 5.02. The van der Waals surface area contributed by atoms with E-state index in [2.05, 4.69) is 27.4 Å². The van der Waals surface area contributed by atoms with E-state index in [-0.39, 0.29) is 24.0 Å². The van der Waals surface area contributed by atoms with Gasteiger partial charge in [-0.15, -0.1) is 24.0 Å². The van der Waals surface area contributed by atoms with E-state index < -0.39 is 0 Å². The molecule has 1 heterocycles. The number of nitrogens with one attached hydrogen (secondary N) is 2. The lowest BCUT2D eigenvalue weighted by Gasteiger charge is -2.33. The van der Waals surface area contributed by atoms with E-state index in [1.54, 1.807) is 0 Å². The monoisotopic (exact) mass is 422 g/mol. The van der Waals surface area contributed by atoms with E-state index in [0.717, 1.165) is 18.5 Å². The standard InChI is InChI=1S/C17H34N4.HI/c1-15-9-5-7-13-21(15)14-8-6-12-19-17(18-2)20-16-10-3-4-11-16;/h15-16H,3-14H2,1-2H3,(H2,18,19,20);1H. The topological polar surface area (TPSA) is 39.7 Å². The highest BCUT2D eigenvalue weighted by atomic mass is 127. The van der Waals surface area contributed by atoms with Crippen molar-refractivity contribution >= 4 is 29.9 Å². The molecule has 0 bridgehead atoms. The molecule has 0 aromatic carbocycles. The number of piperidine rings is 1. The zero-order valence-electron chi connectivity index (χ0n) is 14.4. The van der Waals surface area contributed by atoms with Gasteiger partial charge in [0.15, 0.2) is 5.96 Å². The first-order valence-corrected chi connectivity index (χ1v) is 9.01. The molecule has 4 nitrogen and oxygen atoms in total. The Labute approximate surface area is 153 Å². The van der Waals surface area contributed by atoms with Crippen LogP contribution >= 0.6 is 24.0 Å². The van der Waals surface area contributed by atoms with Gasteiger partial charge in [-0.05, 0) is 58.5 Å². The summed E-state index contributed by atoms with van der Waals surface area (Å²) in [5.74, 6) is 0.994. The number of guanidine groups is 1. The van der Waals surface area contributed by atoms with Crippen LogP contribution in [0.15, 0.2) is 4.99 Å². The van der Waals surface area contributed by atoms with Crippen molar-refractivity contribution in [3.05, 3.63) is 0 Å². The van der Waals surface area contributed by atoms with Gasteiger partial charge in [-0.3, -0.25) is 4.99 Å². The van der Waals surface area contributed by atoms with Crippen molar-refractivity contribution in [2.75, 3.05) is 26.7 Å². The first-order chi connectivity index (χ1) is 10.3. The smallest absolute Gasteiger partial charge is 0.191 e. The van der Waals surface area contributed by atoms with Gasteiger partial charge in [0.05, 0.1) is 0 Å². The summed E-state index contributed by atoms with van der Waals surface area (Å²) in [5, 5.41) is 7.01. The summed E-state index contributed by atoms with van der Waals surface area (Å²) in [6, 6.07) is 1.44. The molecule has 5 heteroatoms. The molecule has 2 fully saturated rings. The minimum absolute atomic E-state index is 0. The van der Waals surface area contributed by atoms with Crippen molar-refractivity contribution < 1.29 is 0 Å². The van der Waals surface area contributed by atoms with Crippen LogP contribution in [-0.2, 0) is 0 Å². The van der Waals surface area contributed by atoms with Gasteiger partial charge in [-0.1, -0.05) is 19.3 Å². The first-order valence-electron chi connectivity index (χ1n) is 9.01. The maximum Gasteiger partial charge on any atom is 0.191 e. The highest BCUT2D eigenvalue weighted by Crippen LogP contribution is 2.17. The average molecular weight is 422 g/mol. The van der Waals surface area contributed by atoms with Gasteiger partial charge in [0.1, 0.15) is 0 Å². The van der Waals surface area contributed by atoms with Crippen LogP contribution in [0.25, 0.3) is 0 Å². The normalized spacial score (nSPS) is 24.1. The third kappa shape index (κ3) is 7.02. The highest BCUT2D eigenvalue weighted by Gasteiger charge is 2.17. The number of rotatable bonds is 6. The molecular weight excluding hydrogens is 387 g/mol. The summed E-state index contributed by atoms with van der Waals surface area (Å²) < 4.78 is 0. The van der Waals surface area contributed by atoms with Crippen LogP contribution < -0.4 is 10.6 Å². The Kier molecular flexibility index (Phi) is 10.4. The molecule has 0 aromatic rings. The van der Waals surface area contributed by atoms with Crippen LogP contribution in [0.3, 0.4) is 0 Å². The van der Waals surface area contributed by atoms with E-state index in [4.69, 9.17) is 0 Å². The Morgan fingerprint density at radius 3 is 2.50 bits per heavy atom. The number of likely N-dealkylation sites (tertiary alicyclic amines) is 1. The fourth-order valence-corrected chi connectivity index (χ4v) is 3.59. The fraction of sp³-hybridized carbons (Fsp3) is 0.941. The molecule has 1 aliphatic heterocycles. The van der Waals surface area contributed by atoms with Crippen molar-refractivity contribution in [1.29, 1.82) is 0 Å². The molecule has 0 aromatic heterocycles. The van der Waals surface area contributed by atoms with Gasteiger partial charge < -0.3 is 15.5 Å². The molecule has 1 saturated heterocycles. The molecular formula is C17H35IN4. The summed E-state index contributed by atoms with van der Waals surface area (Å²) in [6.45, 7) is 5.98. The van der Waals surface area contributed by atoms with E-state index in [9.17, 15) is 0 Å². The predicted octanol–water partition coefficient (Wildman–Crippen LogP) is 3.37. The molecule has 0 radical (unpaired) electrons. The van der Waals surface area contributed by atoms with Gasteiger partial charge in [0.25, 0.3) is 0 Å². The van der Waals surface area contributed by atoms with Crippen LogP contribution in [-0.4, -0.2) is 49.6 Å². The number of nitrogens with zero attached hydrogens (tertiary/aromatic N) is 2. The second kappa shape index (κ2) is 11.5. The van der Waals surface area contributed by atoms with Crippen LogP contribution in [0, 0.1) is 0 Å². The number of unbranched alkanes of at least 4 members (excludes halogenated alkanes) is 1.